The molecule has 0 aliphatic carbocycles. The molecule has 2 N–H and O–H groups in total. The second-order valence-corrected chi connectivity index (χ2v) is 3.17. The summed E-state index contributed by atoms with van der Waals surface area (Å²) in [4.78, 5) is 11.0. The first kappa shape index (κ1) is 12.4. The molecule has 4 heteroatoms. The number of nitrogens with two attached hydrogens (primary N) is 1. The molecule has 0 heterocycles. The number of ether oxygens (including phenoxy) is 2. The van der Waals surface area contributed by atoms with E-state index < -0.39 is 6.04 Å². The van der Waals surface area contributed by atoms with E-state index in [-0.39, 0.29) is 12.1 Å². The molecule has 0 aromatic carbocycles. The van der Waals surface area contributed by atoms with Crippen LogP contribution in [0.2, 0.25) is 0 Å². The highest BCUT2D eigenvalue weighted by Crippen LogP contribution is 2.02. The molecule has 0 rings (SSSR count). The summed E-state index contributed by atoms with van der Waals surface area (Å²) in [6, 6.07) is -0.537. The molecule has 0 fully saturated rings. The Morgan fingerprint density at radius 1 is 1.46 bits per heavy atom. The van der Waals surface area contributed by atoms with Crippen LogP contribution in [0.3, 0.4) is 0 Å². The summed E-state index contributed by atoms with van der Waals surface area (Å²) in [6.45, 7) is 4.17. The van der Waals surface area contributed by atoms with Gasteiger partial charge in [0.25, 0.3) is 0 Å². The molecule has 0 aliphatic rings. The fourth-order valence-corrected chi connectivity index (χ4v) is 0.880. The zero-order valence-corrected chi connectivity index (χ0v) is 8.58. The van der Waals surface area contributed by atoms with Gasteiger partial charge in [0.15, 0.2) is 0 Å². The largest absolute Gasteiger partial charge is 0.462 e. The third-order valence-corrected chi connectivity index (χ3v) is 1.65. The minimum Gasteiger partial charge on any atom is -0.462 e. The Balaban J connectivity index is 3.50. The van der Waals surface area contributed by atoms with Crippen molar-refractivity contribution < 1.29 is 14.3 Å². The molecular weight excluding hydrogens is 170 g/mol. The summed E-state index contributed by atoms with van der Waals surface area (Å²) in [5, 5.41) is 0. The van der Waals surface area contributed by atoms with Crippen LogP contribution in [0.4, 0.5) is 0 Å². The number of hydrogen-bond donors (Lipinski definition) is 1. The van der Waals surface area contributed by atoms with Crippen LogP contribution in [0.15, 0.2) is 0 Å². The van der Waals surface area contributed by atoms with E-state index in [9.17, 15) is 4.79 Å². The van der Waals surface area contributed by atoms with Crippen LogP contribution in [-0.4, -0.2) is 31.8 Å². The topological polar surface area (TPSA) is 61.5 Å². The van der Waals surface area contributed by atoms with Crippen molar-refractivity contribution in [2.45, 2.75) is 38.8 Å². The molecule has 4 nitrogen and oxygen atoms in total. The molecule has 0 bridgehead atoms. The first-order valence-electron chi connectivity index (χ1n) is 4.53. The van der Waals surface area contributed by atoms with Crippen molar-refractivity contribution in [3.05, 3.63) is 0 Å². The third kappa shape index (κ3) is 6.54. The van der Waals surface area contributed by atoms with E-state index in [1.54, 1.807) is 14.0 Å². The second kappa shape index (κ2) is 6.86. The Morgan fingerprint density at radius 3 is 2.54 bits per heavy atom. The highest BCUT2D eigenvalue weighted by molar-refractivity contribution is 5.75. The molecule has 0 radical (unpaired) electrons. The minimum absolute atomic E-state index is 0.0753. The van der Waals surface area contributed by atoms with Crippen molar-refractivity contribution in [1.82, 2.24) is 0 Å². The van der Waals surface area contributed by atoms with E-state index in [4.69, 9.17) is 15.2 Å². The summed E-state index contributed by atoms with van der Waals surface area (Å²) in [7, 11) is 1.65. The standard InChI is InChI=1S/C9H19NO3/c1-7(5-4-6-12-3)13-9(11)8(2)10/h7-8H,4-6,10H2,1-3H3/t7-,8-/m0/s1. The van der Waals surface area contributed by atoms with Crippen molar-refractivity contribution in [3.8, 4) is 0 Å². The van der Waals surface area contributed by atoms with Gasteiger partial charge in [-0.1, -0.05) is 0 Å². The Labute approximate surface area is 79.4 Å². The quantitative estimate of drug-likeness (QED) is 0.493. The Morgan fingerprint density at radius 2 is 2.08 bits per heavy atom. The zero-order chi connectivity index (χ0) is 10.3. The van der Waals surface area contributed by atoms with Crippen molar-refractivity contribution in [1.29, 1.82) is 0 Å². The lowest BCUT2D eigenvalue weighted by molar-refractivity contribution is -0.149. The molecule has 2 atom stereocenters. The Kier molecular flexibility index (Phi) is 6.54. The van der Waals surface area contributed by atoms with Crippen LogP contribution in [0.1, 0.15) is 26.7 Å². The first-order chi connectivity index (χ1) is 6.07. The molecule has 0 aliphatic heterocycles. The molecule has 0 unspecified atom stereocenters. The van der Waals surface area contributed by atoms with Gasteiger partial charge in [-0.2, -0.15) is 0 Å². The van der Waals surface area contributed by atoms with E-state index in [0.29, 0.717) is 6.61 Å². The molecule has 0 aromatic rings. The summed E-state index contributed by atoms with van der Waals surface area (Å²) in [5.41, 5.74) is 5.34. The van der Waals surface area contributed by atoms with Gasteiger partial charge in [-0.15, -0.1) is 0 Å². The molecule has 0 spiro atoms. The lowest BCUT2D eigenvalue weighted by Gasteiger charge is -2.14. The van der Waals surface area contributed by atoms with E-state index in [1.165, 1.54) is 0 Å². The maximum atomic E-state index is 11.0. The summed E-state index contributed by atoms with van der Waals surface area (Å²) >= 11 is 0. The third-order valence-electron chi connectivity index (χ3n) is 1.65. The SMILES string of the molecule is COCCC[C@H](C)OC(=O)[C@H](C)N. The number of esters is 1. The fraction of sp³-hybridized carbons (Fsp3) is 0.889. The predicted molar refractivity (Wildman–Crippen MR) is 50.3 cm³/mol. The lowest BCUT2D eigenvalue weighted by Crippen LogP contribution is -2.31. The molecule has 0 saturated carbocycles. The van der Waals surface area contributed by atoms with E-state index in [0.717, 1.165) is 12.8 Å². The molecule has 13 heavy (non-hydrogen) atoms. The normalized spacial score (nSPS) is 15.1. The molecule has 0 saturated heterocycles. The van der Waals surface area contributed by atoms with Gasteiger partial charge in [0.2, 0.25) is 0 Å². The van der Waals surface area contributed by atoms with Crippen LogP contribution in [0, 0.1) is 0 Å². The van der Waals surface area contributed by atoms with Gasteiger partial charge < -0.3 is 15.2 Å². The molecule has 0 aromatic heterocycles. The maximum absolute atomic E-state index is 11.0. The first-order valence-corrected chi connectivity index (χ1v) is 4.53. The van der Waals surface area contributed by atoms with Crippen LogP contribution in [0.25, 0.3) is 0 Å². The van der Waals surface area contributed by atoms with E-state index in [1.807, 2.05) is 6.92 Å². The lowest BCUT2D eigenvalue weighted by atomic mass is 10.2. The smallest absolute Gasteiger partial charge is 0.322 e. The fourth-order valence-electron chi connectivity index (χ4n) is 0.880. The van der Waals surface area contributed by atoms with Crippen LogP contribution in [0.5, 0.6) is 0 Å². The summed E-state index contributed by atoms with van der Waals surface area (Å²) in [6.07, 6.45) is 1.63. The molecule has 0 amide bonds. The van der Waals surface area contributed by atoms with Crippen molar-refractivity contribution in [3.63, 3.8) is 0 Å². The van der Waals surface area contributed by atoms with Crippen LogP contribution >= 0.6 is 0 Å². The minimum atomic E-state index is -0.537. The number of rotatable bonds is 6. The van der Waals surface area contributed by atoms with E-state index >= 15 is 0 Å². The van der Waals surface area contributed by atoms with Crippen molar-refractivity contribution >= 4 is 5.97 Å². The van der Waals surface area contributed by atoms with Gasteiger partial charge in [-0.25, -0.2) is 0 Å². The van der Waals surface area contributed by atoms with Gasteiger partial charge in [0, 0.05) is 13.7 Å². The predicted octanol–water partition coefficient (Wildman–Crippen LogP) is 0.692. The monoisotopic (exact) mass is 189 g/mol. The number of hydrogen-bond acceptors (Lipinski definition) is 4. The van der Waals surface area contributed by atoms with Gasteiger partial charge in [-0.05, 0) is 26.7 Å². The van der Waals surface area contributed by atoms with Crippen LogP contribution < -0.4 is 5.73 Å². The number of methoxy groups -OCH3 is 1. The zero-order valence-electron chi connectivity index (χ0n) is 8.58. The Hall–Kier alpha value is -0.610. The summed E-state index contributed by atoms with van der Waals surface area (Å²) < 4.78 is 9.92. The molecular formula is C9H19NO3. The average Bonchev–Trinajstić information content (AvgIpc) is 2.04. The van der Waals surface area contributed by atoms with Gasteiger partial charge in [-0.3, -0.25) is 4.79 Å². The maximum Gasteiger partial charge on any atom is 0.322 e. The Bertz CT molecular complexity index is 148. The summed E-state index contributed by atoms with van der Waals surface area (Å²) in [5.74, 6) is -0.343. The van der Waals surface area contributed by atoms with Crippen molar-refractivity contribution in [2.24, 2.45) is 5.73 Å². The van der Waals surface area contributed by atoms with E-state index in [2.05, 4.69) is 0 Å². The molecule has 78 valence electrons. The highest BCUT2D eigenvalue weighted by atomic mass is 16.5. The number of carbonyl (C=O) groups is 1. The average molecular weight is 189 g/mol. The number of carbonyl (C=O) groups excluding carboxylic acids is 1. The highest BCUT2D eigenvalue weighted by Gasteiger charge is 2.12. The van der Waals surface area contributed by atoms with Crippen molar-refractivity contribution in [2.75, 3.05) is 13.7 Å². The van der Waals surface area contributed by atoms with Gasteiger partial charge >= 0.3 is 5.97 Å². The van der Waals surface area contributed by atoms with Crippen LogP contribution in [-0.2, 0) is 14.3 Å². The van der Waals surface area contributed by atoms with Gasteiger partial charge in [0.1, 0.15) is 6.04 Å². The van der Waals surface area contributed by atoms with Gasteiger partial charge in [0.05, 0.1) is 6.10 Å². The second-order valence-electron chi connectivity index (χ2n) is 3.17.